The second kappa shape index (κ2) is 6.65. The zero-order chi connectivity index (χ0) is 13.7. The molecule has 1 aromatic rings. The molecular formula is C12H22N6O. The molecule has 2 heterocycles. The first-order valence-corrected chi connectivity index (χ1v) is 6.50. The van der Waals surface area contributed by atoms with Crippen molar-refractivity contribution in [3.63, 3.8) is 0 Å². The van der Waals surface area contributed by atoms with Gasteiger partial charge in [0, 0.05) is 25.8 Å². The quantitative estimate of drug-likeness (QED) is 0.525. The number of nitrogens with one attached hydrogen (secondary N) is 2. The summed E-state index contributed by atoms with van der Waals surface area (Å²) in [5.41, 5.74) is 2.56. The van der Waals surface area contributed by atoms with Crippen LogP contribution >= 0.6 is 0 Å². The van der Waals surface area contributed by atoms with Gasteiger partial charge in [0.1, 0.15) is 18.2 Å². The Hall–Kier alpha value is -1.44. The van der Waals surface area contributed by atoms with E-state index in [0.717, 1.165) is 25.3 Å². The van der Waals surface area contributed by atoms with Crippen molar-refractivity contribution in [2.45, 2.75) is 25.5 Å². The van der Waals surface area contributed by atoms with Gasteiger partial charge in [-0.15, -0.1) is 0 Å². The molecule has 0 spiro atoms. The molecule has 1 unspecified atom stereocenters. The molecule has 1 fully saturated rings. The maximum atomic E-state index is 5.42. The van der Waals surface area contributed by atoms with E-state index < -0.39 is 0 Å². The fourth-order valence-electron chi connectivity index (χ4n) is 2.33. The summed E-state index contributed by atoms with van der Waals surface area (Å²) in [4.78, 5) is 11.0. The molecule has 1 aliphatic rings. The Balaban J connectivity index is 2.07. The van der Waals surface area contributed by atoms with Gasteiger partial charge in [0.05, 0.1) is 0 Å². The molecule has 1 aromatic heterocycles. The van der Waals surface area contributed by atoms with Crippen LogP contribution in [0.3, 0.4) is 0 Å². The molecule has 1 atom stereocenters. The standard InChI is InChI=1S/C12H22N6O/c1-18-5-3-4-9(7-18)14-10-6-11(17-13)16-12(15-10)8-19-2/h6,9H,3-5,7-8,13H2,1-2H3,(H2,14,15,16,17). The smallest absolute Gasteiger partial charge is 0.158 e. The maximum absolute atomic E-state index is 5.42. The Labute approximate surface area is 113 Å². The van der Waals surface area contributed by atoms with Crippen LogP contribution in [0.5, 0.6) is 0 Å². The van der Waals surface area contributed by atoms with Gasteiger partial charge in [0.2, 0.25) is 0 Å². The fourth-order valence-corrected chi connectivity index (χ4v) is 2.33. The second-order valence-corrected chi connectivity index (χ2v) is 4.88. The highest BCUT2D eigenvalue weighted by Gasteiger charge is 2.17. The lowest BCUT2D eigenvalue weighted by molar-refractivity contribution is 0.178. The number of hydrogen-bond donors (Lipinski definition) is 3. The zero-order valence-electron chi connectivity index (χ0n) is 11.5. The van der Waals surface area contributed by atoms with Gasteiger partial charge in [-0.25, -0.2) is 15.8 Å². The van der Waals surface area contributed by atoms with E-state index in [4.69, 9.17) is 10.6 Å². The Kier molecular flexibility index (Phi) is 4.89. The van der Waals surface area contributed by atoms with Crippen molar-refractivity contribution >= 4 is 11.6 Å². The number of nitrogens with two attached hydrogens (primary N) is 1. The van der Waals surface area contributed by atoms with E-state index in [1.807, 2.05) is 6.07 Å². The highest BCUT2D eigenvalue weighted by Crippen LogP contribution is 2.16. The van der Waals surface area contributed by atoms with Crippen LogP contribution in [0.15, 0.2) is 6.07 Å². The molecule has 2 rings (SSSR count). The van der Waals surface area contributed by atoms with E-state index in [9.17, 15) is 0 Å². The third-order valence-electron chi connectivity index (χ3n) is 3.17. The van der Waals surface area contributed by atoms with Crippen LogP contribution in [0.25, 0.3) is 0 Å². The number of hydrogen-bond acceptors (Lipinski definition) is 7. The molecule has 0 radical (unpaired) electrons. The highest BCUT2D eigenvalue weighted by molar-refractivity contribution is 5.47. The molecule has 0 bridgehead atoms. The topological polar surface area (TPSA) is 88.3 Å². The Morgan fingerprint density at radius 1 is 1.47 bits per heavy atom. The molecule has 0 saturated carbocycles. The van der Waals surface area contributed by atoms with E-state index in [1.54, 1.807) is 7.11 Å². The number of aromatic nitrogens is 2. The van der Waals surface area contributed by atoms with Gasteiger partial charge in [-0.3, -0.25) is 0 Å². The van der Waals surface area contributed by atoms with Gasteiger partial charge in [0.15, 0.2) is 5.82 Å². The molecule has 19 heavy (non-hydrogen) atoms. The normalized spacial score (nSPS) is 20.3. The summed E-state index contributed by atoms with van der Waals surface area (Å²) < 4.78 is 5.06. The summed E-state index contributed by atoms with van der Waals surface area (Å²) in [5, 5.41) is 3.44. The minimum absolute atomic E-state index is 0.370. The van der Waals surface area contributed by atoms with Crippen molar-refractivity contribution in [2.75, 3.05) is 38.0 Å². The first-order chi connectivity index (χ1) is 9.21. The van der Waals surface area contributed by atoms with Crippen molar-refractivity contribution in [1.29, 1.82) is 0 Å². The van der Waals surface area contributed by atoms with Crippen LogP contribution < -0.4 is 16.6 Å². The molecule has 4 N–H and O–H groups in total. The number of nitrogen functional groups attached to an aromatic ring is 1. The van der Waals surface area contributed by atoms with E-state index in [1.165, 1.54) is 6.42 Å². The number of piperidine rings is 1. The molecule has 1 aliphatic heterocycles. The summed E-state index contributed by atoms with van der Waals surface area (Å²) >= 11 is 0. The molecule has 0 aliphatic carbocycles. The monoisotopic (exact) mass is 266 g/mol. The third kappa shape index (κ3) is 4.02. The lowest BCUT2D eigenvalue weighted by Gasteiger charge is -2.30. The predicted octanol–water partition coefficient (Wildman–Crippen LogP) is 0.415. The van der Waals surface area contributed by atoms with Crippen molar-refractivity contribution in [3.05, 3.63) is 11.9 Å². The molecule has 1 saturated heterocycles. The number of rotatable bonds is 5. The van der Waals surface area contributed by atoms with Crippen LogP contribution in [0.1, 0.15) is 18.7 Å². The summed E-state index contributed by atoms with van der Waals surface area (Å²) in [5.74, 6) is 7.42. The summed E-state index contributed by atoms with van der Waals surface area (Å²) in [7, 11) is 3.76. The van der Waals surface area contributed by atoms with Gasteiger partial charge in [0.25, 0.3) is 0 Å². The average molecular weight is 266 g/mol. The van der Waals surface area contributed by atoms with E-state index in [2.05, 4.69) is 32.7 Å². The number of likely N-dealkylation sites (tertiary alicyclic amines) is 1. The molecule has 7 nitrogen and oxygen atoms in total. The largest absolute Gasteiger partial charge is 0.377 e. The lowest BCUT2D eigenvalue weighted by atomic mass is 10.1. The number of hydrazine groups is 1. The van der Waals surface area contributed by atoms with Crippen LogP contribution in [0.4, 0.5) is 11.6 Å². The maximum Gasteiger partial charge on any atom is 0.158 e. The molecule has 0 aromatic carbocycles. The number of ether oxygens (including phenoxy) is 1. The number of methoxy groups -OCH3 is 1. The number of anilines is 2. The van der Waals surface area contributed by atoms with Gasteiger partial charge >= 0.3 is 0 Å². The third-order valence-corrected chi connectivity index (χ3v) is 3.17. The van der Waals surface area contributed by atoms with Crippen molar-refractivity contribution in [2.24, 2.45) is 5.84 Å². The number of nitrogens with zero attached hydrogens (tertiary/aromatic N) is 3. The van der Waals surface area contributed by atoms with Gasteiger partial charge in [-0.1, -0.05) is 0 Å². The highest BCUT2D eigenvalue weighted by atomic mass is 16.5. The van der Waals surface area contributed by atoms with Gasteiger partial charge in [-0.05, 0) is 26.4 Å². The Morgan fingerprint density at radius 3 is 2.95 bits per heavy atom. The van der Waals surface area contributed by atoms with Crippen LogP contribution in [0, 0.1) is 0 Å². The van der Waals surface area contributed by atoms with Gasteiger partial charge < -0.3 is 20.4 Å². The molecular weight excluding hydrogens is 244 g/mol. The Morgan fingerprint density at radius 2 is 2.26 bits per heavy atom. The minimum atomic E-state index is 0.370. The van der Waals surface area contributed by atoms with Crippen LogP contribution in [0.2, 0.25) is 0 Å². The van der Waals surface area contributed by atoms with E-state index >= 15 is 0 Å². The minimum Gasteiger partial charge on any atom is -0.377 e. The van der Waals surface area contributed by atoms with Gasteiger partial charge in [-0.2, -0.15) is 0 Å². The lowest BCUT2D eigenvalue weighted by Crippen LogP contribution is -2.40. The van der Waals surface area contributed by atoms with Crippen molar-refractivity contribution in [1.82, 2.24) is 14.9 Å². The second-order valence-electron chi connectivity index (χ2n) is 4.88. The molecule has 106 valence electrons. The first kappa shape index (κ1) is 14.0. The summed E-state index contributed by atoms with van der Waals surface area (Å²) in [6, 6.07) is 2.22. The van der Waals surface area contributed by atoms with Crippen molar-refractivity contribution in [3.8, 4) is 0 Å². The van der Waals surface area contributed by atoms with E-state index in [0.29, 0.717) is 24.3 Å². The average Bonchev–Trinajstić information content (AvgIpc) is 2.39. The SMILES string of the molecule is COCc1nc(NN)cc(NC2CCCN(C)C2)n1. The number of likely N-dealkylation sites (N-methyl/N-ethyl adjacent to an activating group) is 1. The molecule has 0 amide bonds. The first-order valence-electron chi connectivity index (χ1n) is 6.50. The fraction of sp³-hybridized carbons (Fsp3) is 0.667. The predicted molar refractivity (Wildman–Crippen MR) is 74.7 cm³/mol. The summed E-state index contributed by atoms with van der Waals surface area (Å²) in [6.45, 7) is 2.55. The molecule has 7 heteroatoms. The van der Waals surface area contributed by atoms with Crippen LogP contribution in [-0.4, -0.2) is 48.2 Å². The van der Waals surface area contributed by atoms with Crippen molar-refractivity contribution < 1.29 is 4.74 Å². The summed E-state index contributed by atoms with van der Waals surface area (Å²) in [6.07, 6.45) is 2.35. The van der Waals surface area contributed by atoms with E-state index in [-0.39, 0.29) is 0 Å². The van der Waals surface area contributed by atoms with Crippen LogP contribution in [-0.2, 0) is 11.3 Å². The Bertz CT molecular complexity index is 413. The zero-order valence-corrected chi connectivity index (χ0v) is 11.5.